The molecule has 1 aliphatic rings. The lowest BCUT2D eigenvalue weighted by Gasteiger charge is -2.36. The van der Waals surface area contributed by atoms with Crippen LogP contribution in [0, 0.1) is 0 Å². The highest BCUT2D eigenvalue weighted by atomic mass is 16.5. The van der Waals surface area contributed by atoms with Crippen molar-refractivity contribution < 1.29 is 14.3 Å². The number of amides is 2. The first-order valence-electron chi connectivity index (χ1n) is 8.61. The number of methoxy groups -OCH3 is 2. The van der Waals surface area contributed by atoms with Crippen LogP contribution in [0.5, 0.6) is 11.6 Å². The minimum atomic E-state index is -0.0551. The molecule has 7 heteroatoms. The topological polar surface area (TPSA) is 66.9 Å². The van der Waals surface area contributed by atoms with Gasteiger partial charge in [0.1, 0.15) is 5.75 Å². The van der Waals surface area contributed by atoms with Crippen LogP contribution in [-0.2, 0) is 6.54 Å². The van der Waals surface area contributed by atoms with Gasteiger partial charge in [0.15, 0.2) is 0 Å². The third-order valence-electron chi connectivity index (χ3n) is 4.44. The number of hydrogen-bond donors (Lipinski definition) is 1. The number of piperazine rings is 1. The molecule has 0 bridgehead atoms. The Kier molecular flexibility index (Phi) is 5.78. The van der Waals surface area contributed by atoms with E-state index in [1.807, 2.05) is 41.3 Å². The minimum Gasteiger partial charge on any atom is -0.495 e. The number of nitrogens with one attached hydrogen (secondary N) is 1. The molecule has 0 aliphatic carbocycles. The summed E-state index contributed by atoms with van der Waals surface area (Å²) in [6.07, 6.45) is 1.67. The molecule has 2 amide bonds. The summed E-state index contributed by atoms with van der Waals surface area (Å²) in [5, 5.41) is 2.96. The lowest BCUT2D eigenvalue weighted by Crippen LogP contribution is -2.51. The van der Waals surface area contributed by atoms with E-state index in [0.29, 0.717) is 25.5 Å². The third kappa shape index (κ3) is 4.17. The van der Waals surface area contributed by atoms with Crippen molar-refractivity contribution in [3.8, 4) is 11.6 Å². The van der Waals surface area contributed by atoms with E-state index in [0.717, 1.165) is 30.1 Å². The van der Waals surface area contributed by atoms with Crippen molar-refractivity contribution in [2.45, 2.75) is 6.54 Å². The van der Waals surface area contributed by atoms with Gasteiger partial charge in [-0.15, -0.1) is 0 Å². The van der Waals surface area contributed by atoms with Crippen molar-refractivity contribution in [2.24, 2.45) is 0 Å². The Labute approximate surface area is 153 Å². The van der Waals surface area contributed by atoms with Crippen molar-refractivity contribution >= 4 is 11.7 Å². The van der Waals surface area contributed by atoms with Crippen LogP contribution in [0.1, 0.15) is 5.56 Å². The van der Waals surface area contributed by atoms with Gasteiger partial charge in [-0.2, -0.15) is 0 Å². The number of carbonyl (C=O) groups is 1. The lowest BCUT2D eigenvalue weighted by molar-refractivity contribution is 0.194. The molecule has 0 atom stereocenters. The molecule has 138 valence electrons. The molecular weight excluding hydrogens is 332 g/mol. The Bertz CT molecular complexity index is 745. The predicted molar refractivity (Wildman–Crippen MR) is 99.8 cm³/mol. The van der Waals surface area contributed by atoms with Gasteiger partial charge in [-0.1, -0.05) is 12.1 Å². The smallest absolute Gasteiger partial charge is 0.317 e. The predicted octanol–water partition coefficient (Wildman–Crippen LogP) is 2.13. The quantitative estimate of drug-likeness (QED) is 0.889. The van der Waals surface area contributed by atoms with E-state index in [-0.39, 0.29) is 6.03 Å². The van der Waals surface area contributed by atoms with E-state index in [1.165, 1.54) is 0 Å². The average Bonchev–Trinajstić information content (AvgIpc) is 2.72. The number of benzene rings is 1. The maximum atomic E-state index is 12.4. The zero-order chi connectivity index (χ0) is 18.4. The second kappa shape index (κ2) is 8.42. The molecule has 1 aromatic carbocycles. The van der Waals surface area contributed by atoms with Crippen LogP contribution < -0.4 is 19.7 Å². The van der Waals surface area contributed by atoms with Gasteiger partial charge >= 0.3 is 6.03 Å². The Morgan fingerprint density at radius 1 is 1.12 bits per heavy atom. The summed E-state index contributed by atoms with van der Waals surface area (Å²) in [7, 11) is 3.25. The Balaban J connectivity index is 1.52. The van der Waals surface area contributed by atoms with E-state index in [1.54, 1.807) is 20.4 Å². The summed E-state index contributed by atoms with van der Waals surface area (Å²) < 4.78 is 10.5. The molecule has 1 fully saturated rings. The number of ether oxygens (including phenoxy) is 2. The molecule has 0 unspecified atom stereocenters. The van der Waals surface area contributed by atoms with Crippen LogP contribution in [0.4, 0.5) is 10.5 Å². The number of rotatable bonds is 5. The molecule has 1 aromatic heterocycles. The molecule has 3 rings (SSSR count). The second-order valence-electron chi connectivity index (χ2n) is 6.01. The fraction of sp³-hybridized carbons (Fsp3) is 0.368. The monoisotopic (exact) mass is 356 g/mol. The zero-order valence-corrected chi connectivity index (χ0v) is 15.1. The van der Waals surface area contributed by atoms with E-state index >= 15 is 0 Å². The van der Waals surface area contributed by atoms with Crippen LogP contribution in [-0.4, -0.2) is 56.3 Å². The fourth-order valence-corrected chi connectivity index (χ4v) is 3.00. The normalized spacial score (nSPS) is 14.1. The van der Waals surface area contributed by atoms with Gasteiger partial charge in [-0.05, 0) is 23.8 Å². The lowest BCUT2D eigenvalue weighted by atomic mass is 10.2. The van der Waals surface area contributed by atoms with E-state index in [9.17, 15) is 4.79 Å². The van der Waals surface area contributed by atoms with Crippen LogP contribution in [0.15, 0.2) is 42.6 Å². The summed E-state index contributed by atoms with van der Waals surface area (Å²) in [5.74, 6) is 1.40. The molecule has 0 spiro atoms. The first-order valence-corrected chi connectivity index (χ1v) is 8.61. The van der Waals surface area contributed by atoms with Crippen LogP contribution in [0.25, 0.3) is 0 Å². The molecule has 0 saturated carbocycles. The number of anilines is 1. The molecule has 2 aromatic rings. The van der Waals surface area contributed by atoms with Crippen LogP contribution in [0.2, 0.25) is 0 Å². The Morgan fingerprint density at radius 3 is 2.62 bits per heavy atom. The largest absolute Gasteiger partial charge is 0.495 e. The summed E-state index contributed by atoms with van der Waals surface area (Å²) >= 11 is 0. The molecule has 2 heterocycles. The van der Waals surface area contributed by atoms with Crippen LogP contribution in [0.3, 0.4) is 0 Å². The van der Waals surface area contributed by atoms with E-state index in [4.69, 9.17) is 9.47 Å². The Morgan fingerprint density at radius 2 is 1.88 bits per heavy atom. The average molecular weight is 356 g/mol. The summed E-state index contributed by atoms with van der Waals surface area (Å²) in [5.41, 5.74) is 2.02. The van der Waals surface area contributed by atoms with Crippen molar-refractivity contribution in [3.05, 3.63) is 48.2 Å². The van der Waals surface area contributed by atoms with Gasteiger partial charge in [-0.25, -0.2) is 9.78 Å². The second-order valence-corrected chi connectivity index (χ2v) is 6.01. The van der Waals surface area contributed by atoms with Gasteiger partial charge in [0.25, 0.3) is 0 Å². The number of hydrogen-bond acceptors (Lipinski definition) is 5. The maximum Gasteiger partial charge on any atom is 0.317 e. The van der Waals surface area contributed by atoms with Gasteiger partial charge in [0.2, 0.25) is 5.88 Å². The summed E-state index contributed by atoms with van der Waals surface area (Å²) in [6.45, 7) is 3.34. The van der Waals surface area contributed by atoms with Crippen molar-refractivity contribution in [1.29, 1.82) is 0 Å². The summed E-state index contributed by atoms with van der Waals surface area (Å²) in [4.78, 5) is 20.6. The summed E-state index contributed by atoms with van der Waals surface area (Å²) in [6, 6.07) is 11.6. The number of pyridine rings is 1. The maximum absolute atomic E-state index is 12.4. The minimum absolute atomic E-state index is 0.0551. The molecule has 0 radical (unpaired) electrons. The number of nitrogens with zero attached hydrogens (tertiary/aromatic N) is 3. The first-order chi connectivity index (χ1) is 12.7. The fourth-order valence-electron chi connectivity index (χ4n) is 3.00. The van der Waals surface area contributed by atoms with Crippen molar-refractivity contribution in [1.82, 2.24) is 15.2 Å². The molecule has 1 aliphatic heterocycles. The highest BCUT2D eigenvalue weighted by Gasteiger charge is 2.22. The van der Waals surface area contributed by atoms with Crippen molar-refractivity contribution in [3.63, 3.8) is 0 Å². The zero-order valence-electron chi connectivity index (χ0n) is 15.1. The number of aromatic nitrogens is 1. The Hall–Kier alpha value is -2.96. The highest BCUT2D eigenvalue weighted by Crippen LogP contribution is 2.28. The van der Waals surface area contributed by atoms with Gasteiger partial charge < -0.3 is 24.6 Å². The number of para-hydroxylation sites is 2. The molecule has 26 heavy (non-hydrogen) atoms. The van der Waals surface area contributed by atoms with Gasteiger partial charge in [-0.3, -0.25) is 0 Å². The number of carbonyl (C=O) groups excluding carboxylic acids is 1. The molecular formula is C19H24N4O3. The standard InChI is InChI=1S/C19H24N4O3/c1-25-17-6-4-3-5-16(17)22-9-11-23(12-10-22)19(24)21-14-15-7-8-20-18(13-15)26-2/h3-8,13H,9-12,14H2,1-2H3,(H,21,24). The third-order valence-corrected chi connectivity index (χ3v) is 4.44. The van der Waals surface area contributed by atoms with Gasteiger partial charge in [0.05, 0.1) is 19.9 Å². The SMILES string of the molecule is COc1cc(CNC(=O)N2CCN(c3ccccc3OC)CC2)ccn1. The molecule has 1 N–H and O–H groups in total. The van der Waals surface area contributed by atoms with Gasteiger partial charge in [0, 0.05) is 45.0 Å². The van der Waals surface area contributed by atoms with E-state index in [2.05, 4.69) is 15.2 Å². The molecule has 7 nitrogen and oxygen atoms in total. The van der Waals surface area contributed by atoms with Crippen LogP contribution >= 0.6 is 0 Å². The first kappa shape index (κ1) is 17.8. The number of urea groups is 1. The van der Waals surface area contributed by atoms with E-state index < -0.39 is 0 Å². The van der Waals surface area contributed by atoms with Crippen molar-refractivity contribution in [2.75, 3.05) is 45.3 Å². The highest BCUT2D eigenvalue weighted by molar-refractivity contribution is 5.74. The molecule has 1 saturated heterocycles.